The van der Waals surface area contributed by atoms with Crippen molar-refractivity contribution in [1.82, 2.24) is 0 Å². The average Bonchev–Trinajstić information content (AvgIpc) is 3.16. The summed E-state index contributed by atoms with van der Waals surface area (Å²) in [6.45, 7) is 4.25. The van der Waals surface area contributed by atoms with Crippen molar-refractivity contribution in [2.45, 2.75) is 52.4 Å². The van der Waals surface area contributed by atoms with Crippen LogP contribution in [0.15, 0.2) is 47.6 Å². The molecule has 4 aliphatic carbocycles. The maximum atomic E-state index is 2.37. The van der Waals surface area contributed by atoms with Crippen LogP contribution in [0.3, 0.4) is 0 Å². The quantitative estimate of drug-likeness (QED) is 0.483. The van der Waals surface area contributed by atoms with Crippen molar-refractivity contribution in [3.8, 4) is 0 Å². The van der Waals surface area contributed by atoms with E-state index in [0.29, 0.717) is 0 Å². The fourth-order valence-electron chi connectivity index (χ4n) is 3.33. The van der Waals surface area contributed by atoms with Crippen LogP contribution in [0.2, 0.25) is 0 Å². The van der Waals surface area contributed by atoms with Crippen molar-refractivity contribution in [3.05, 3.63) is 60.4 Å². The smallest absolute Gasteiger partial charge is 1.00 e. The normalized spacial score (nSPS) is 24.5. The molecule has 4 rings (SSSR count). The molecule has 0 aromatic heterocycles. The fourth-order valence-corrected chi connectivity index (χ4v) is 3.33. The Balaban J connectivity index is 0.000000341. The summed E-state index contributed by atoms with van der Waals surface area (Å²) in [6, 6.07) is 0. The first-order valence-electron chi connectivity index (χ1n) is 8.58. The van der Waals surface area contributed by atoms with Gasteiger partial charge in [-0.05, 0) is 24.7 Å². The molecule has 2 saturated carbocycles. The van der Waals surface area contributed by atoms with Gasteiger partial charge in [0.15, 0.2) is 0 Å². The van der Waals surface area contributed by atoms with Crippen LogP contribution in [0.5, 0.6) is 0 Å². The third-order valence-electron chi connectivity index (χ3n) is 4.42. The molecule has 2 atom stereocenters. The second-order valence-electron chi connectivity index (χ2n) is 6.62. The van der Waals surface area contributed by atoms with Crippen LogP contribution in [0.1, 0.15) is 52.4 Å². The molecule has 0 radical (unpaired) electrons. The van der Waals surface area contributed by atoms with Gasteiger partial charge in [0.2, 0.25) is 0 Å². The molecule has 132 valence electrons. The van der Waals surface area contributed by atoms with Gasteiger partial charge in [0, 0.05) is 0 Å². The molecular weight excluding hydrogens is 381 g/mol. The average molecular weight is 410 g/mol. The molecule has 0 saturated heterocycles. The largest absolute Gasteiger partial charge is 1.00 e. The number of hydrogen-bond acceptors (Lipinski definition) is 0. The Labute approximate surface area is 161 Å². The molecular formula is C21H28F2Zr-2. The Hall–Kier alpha value is -0.687. The minimum absolute atomic E-state index is 0. The van der Waals surface area contributed by atoms with Crippen molar-refractivity contribution < 1.29 is 33.6 Å². The molecule has 0 amide bonds. The van der Waals surface area contributed by atoms with Crippen molar-refractivity contribution >= 4 is 3.21 Å². The molecule has 0 aliphatic heterocycles. The monoisotopic (exact) mass is 408 g/mol. The summed E-state index contributed by atoms with van der Waals surface area (Å²) < 4.78 is 1.51. The second kappa shape index (κ2) is 12.6. The zero-order valence-electron chi connectivity index (χ0n) is 14.8. The first-order chi connectivity index (χ1) is 10.7. The molecule has 2 unspecified atom stereocenters. The first-order valence-corrected chi connectivity index (χ1v) is 9.81. The summed E-state index contributed by atoms with van der Waals surface area (Å²) in [5.74, 6) is 1.77. The predicted octanol–water partition coefficient (Wildman–Crippen LogP) is -0.273. The molecule has 0 heterocycles. The third-order valence-corrected chi connectivity index (χ3v) is 4.42. The number of halogens is 2. The van der Waals surface area contributed by atoms with Gasteiger partial charge in [0.25, 0.3) is 0 Å². The van der Waals surface area contributed by atoms with E-state index in [2.05, 4.69) is 63.1 Å². The predicted molar refractivity (Wildman–Crippen MR) is 94.1 cm³/mol. The molecule has 4 aliphatic rings. The molecule has 3 heteroatoms. The van der Waals surface area contributed by atoms with E-state index in [1.807, 2.05) is 0 Å². The molecule has 0 spiro atoms. The summed E-state index contributed by atoms with van der Waals surface area (Å²) in [5.41, 5.74) is 3.16. The zero-order chi connectivity index (χ0) is 15.8. The molecule has 24 heavy (non-hydrogen) atoms. The van der Waals surface area contributed by atoms with Crippen LogP contribution in [0, 0.1) is 24.7 Å². The van der Waals surface area contributed by atoms with Gasteiger partial charge in [0.05, 0.1) is 0 Å². The zero-order valence-corrected chi connectivity index (χ0v) is 17.2. The van der Waals surface area contributed by atoms with Gasteiger partial charge in [-0.3, -0.25) is 0 Å². The molecule has 0 aromatic rings. The Morgan fingerprint density at radius 3 is 1.58 bits per heavy atom. The first kappa shape index (κ1) is 23.3. The van der Waals surface area contributed by atoms with E-state index >= 15 is 0 Å². The summed E-state index contributed by atoms with van der Waals surface area (Å²) in [5, 5.41) is 0. The summed E-state index contributed by atoms with van der Waals surface area (Å²) in [6.07, 6.45) is 26.1. The SMILES string of the molecule is C1=CCC2CC[CH-]C2=C1.C1=CCC2CC[CH-]C2=C1.C[C](C)=[Zr+2].[F-].[F-]. The van der Waals surface area contributed by atoms with Crippen molar-refractivity contribution in [3.63, 3.8) is 0 Å². The Morgan fingerprint density at radius 1 is 0.875 bits per heavy atom. The van der Waals surface area contributed by atoms with E-state index in [9.17, 15) is 0 Å². The molecule has 0 aromatic carbocycles. The van der Waals surface area contributed by atoms with Crippen LogP contribution in [-0.2, 0) is 24.2 Å². The molecule has 0 bridgehead atoms. The van der Waals surface area contributed by atoms with E-state index in [1.165, 1.54) is 41.7 Å². The van der Waals surface area contributed by atoms with Crippen molar-refractivity contribution in [2.24, 2.45) is 11.8 Å². The third kappa shape index (κ3) is 7.92. The summed E-state index contributed by atoms with van der Waals surface area (Å²) in [4.78, 5) is 0. The van der Waals surface area contributed by atoms with E-state index < -0.39 is 0 Å². The fraction of sp³-hybridized carbons (Fsp3) is 0.476. The van der Waals surface area contributed by atoms with E-state index in [1.54, 1.807) is 35.4 Å². The minimum atomic E-state index is 0. The van der Waals surface area contributed by atoms with E-state index in [0.717, 1.165) is 11.8 Å². The van der Waals surface area contributed by atoms with Crippen LogP contribution < -0.4 is 9.41 Å². The Bertz CT molecular complexity index is 456. The Morgan fingerprint density at radius 2 is 1.25 bits per heavy atom. The standard InChI is InChI=1S/2C9H11.C3H6.2FH.Zr/c2*1-2-5-9-7-3-6-8(9)4-1;1-3-2;;;/h2*1-2,4,6,9H,3,5,7H2;1-2H3;2*1H;/q2*-1;;;;+2/p-2. The Kier molecular flexibility index (Phi) is 12.3. The van der Waals surface area contributed by atoms with Gasteiger partial charge >= 0.3 is 41.3 Å². The number of rotatable bonds is 0. The maximum absolute atomic E-state index is 2.37. The van der Waals surface area contributed by atoms with Gasteiger partial charge < -0.3 is 9.41 Å². The van der Waals surface area contributed by atoms with Gasteiger partial charge in [-0.15, -0.1) is 37.1 Å². The van der Waals surface area contributed by atoms with Crippen molar-refractivity contribution in [1.29, 1.82) is 0 Å². The van der Waals surface area contributed by atoms with Crippen LogP contribution >= 0.6 is 0 Å². The van der Waals surface area contributed by atoms with E-state index in [-0.39, 0.29) is 9.41 Å². The number of allylic oxidation sites excluding steroid dienone is 8. The van der Waals surface area contributed by atoms with Crippen LogP contribution in [0.25, 0.3) is 0 Å². The molecule has 0 N–H and O–H groups in total. The minimum Gasteiger partial charge on any atom is -1.00 e. The van der Waals surface area contributed by atoms with E-state index in [4.69, 9.17) is 0 Å². The van der Waals surface area contributed by atoms with Crippen LogP contribution in [0.4, 0.5) is 0 Å². The van der Waals surface area contributed by atoms with Crippen molar-refractivity contribution in [2.75, 3.05) is 0 Å². The number of hydrogen-bond donors (Lipinski definition) is 0. The van der Waals surface area contributed by atoms with Gasteiger partial charge in [0.1, 0.15) is 0 Å². The second-order valence-corrected chi connectivity index (χ2v) is 9.08. The van der Waals surface area contributed by atoms with Crippen LogP contribution in [-0.4, -0.2) is 3.21 Å². The van der Waals surface area contributed by atoms with Gasteiger partial charge in [-0.25, -0.2) is 36.1 Å². The number of fused-ring (bicyclic) bond motifs is 2. The maximum Gasteiger partial charge on any atom is -1.00 e. The summed E-state index contributed by atoms with van der Waals surface area (Å²) in [7, 11) is 0. The summed E-state index contributed by atoms with van der Waals surface area (Å²) >= 11 is 1.55. The van der Waals surface area contributed by atoms with Gasteiger partial charge in [-0.1, -0.05) is 12.8 Å². The molecule has 2 fully saturated rings. The molecule has 0 nitrogen and oxygen atoms in total. The topological polar surface area (TPSA) is 0 Å². The van der Waals surface area contributed by atoms with Gasteiger partial charge in [-0.2, -0.15) is 0 Å².